The number of fused-ring (bicyclic) bond motifs is 2. The smallest absolute Gasteiger partial charge is 0.252 e. The first-order valence-electron chi connectivity index (χ1n) is 8.63. The summed E-state index contributed by atoms with van der Waals surface area (Å²) in [7, 11) is 1.95. The summed E-state index contributed by atoms with van der Waals surface area (Å²) in [5.41, 5.74) is 2.50. The molecule has 4 heteroatoms. The molecule has 0 fully saturated rings. The molecule has 4 rings (SSSR count). The van der Waals surface area contributed by atoms with E-state index in [4.69, 9.17) is 0 Å². The van der Waals surface area contributed by atoms with Gasteiger partial charge in [-0.15, -0.1) is 0 Å². The van der Waals surface area contributed by atoms with Crippen LogP contribution in [0.15, 0.2) is 72.9 Å². The fourth-order valence-electron chi connectivity index (χ4n) is 3.46. The van der Waals surface area contributed by atoms with Crippen molar-refractivity contribution in [2.75, 3.05) is 6.54 Å². The summed E-state index contributed by atoms with van der Waals surface area (Å²) < 4.78 is 1.99. The number of para-hydroxylation sites is 1. The molecule has 4 nitrogen and oxygen atoms in total. The van der Waals surface area contributed by atoms with Crippen molar-refractivity contribution in [1.29, 1.82) is 0 Å². The molecular weight excluding hydrogens is 324 g/mol. The highest BCUT2D eigenvalue weighted by molar-refractivity contribution is 6.07. The summed E-state index contributed by atoms with van der Waals surface area (Å²) in [6.07, 6.45) is 1.15. The van der Waals surface area contributed by atoms with Crippen molar-refractivity contribution in [2.45, 2.75) is 6.10 Å². The zero-order valence-corrected chi connectivity index (χ0v) is 14.5. The number of nitrogens with zero attached hydrogens (tertiary/aromatic N) is 1. The van der Waals surface area contributed by atoms with Gasteiger partial charge in [-0.1, -0.05) is 54.6 Å². The summed E-state index contributed by atoms with van der Waals surface area (Å²) in [5.74, 6) is -0.180. The summed E-state index contributed by atoms with van der Waals surface area (Å²) in [5, 5.41) is 16.4. The number of aryl methyl sites for hydroxylation is 1. The SMILES string of the molecule is Cn1cc(C(O)CNC(=O)c2cccc3ccccc23)c2ccccc21. The van der Waals surface area contributed by atoms with E-state index in [0.29, 0.717) is 5.56 Å². The second kappa shape index (κ2) is 6.65. The molecule has 0 radical (unpaired) electrons. The van der Waals surface area contributed by atoms with Gasteiger partial charge < -0.3 is 15.0 Å². The van der Waals surface area contributed by atoms with Gasteiger partial charge in [-0.3, -0.25) is 4.79 Å². The lowest BCUT2D eigenvalue weighted by atomic mass is 10.0. The number of benzene rings is 3. The van der Waals surface area contributed by atoms with E-state index in [1.54, 1.807) is 0 Å². The Morgan fingerprint density at radius 3 is 2.54 bits per heavy atom. The third-order valence-corrected chi connectivity index (χ3v) is 4.78. The number of aliphatic hydroxyl groups excluding tert-OH is 1. The first kappa shape index (κ1) is 16.4. The Bertz CT molecular complexity index is 1090. The fraction of sp³-hybridized carbons (Fsp3) is 0.136. The Labute approximate surface area is 151 Å². The standard InChI is InChI=1S/C22H20N2O2/c1-24-14-19(17-10-4-5-12-20(17)24)21(25)13-23-22(26)18-11-6-8-15-7-2-3-9-16(15)18/h2-12,14,21,25H,13H2,1H3,(H,23,26). The molecule has 1 amide bonds. The van der Waals surface area contributed by atoms with Crippen molar-refractivity contribution in [3.63, 3.8) is 0 Å². The van der Waals surface area contributed by atoms with Crippen LogP contribution in [0.1, 0.15) is 22.0 Å². The normalized spacial score (nSPS) is 12.4. The van der Waals surface area contributed by atoms with E-state index in [0.717, 1.165) is 27.2 Å². The molecule has 1 atom stereocenters. The minimum Gasteiger partial charge on any atom is -0.386 e. The highest BCUT2D eigenvalue weighted by atomic mass is 16.3. The monoisotopic (exact) mass is 344 g/mol. The Hall–Kier alpha value is -3.11. The first-order chi connectivity index (χ1) is 12.6. The molecule has 130 valence electrons. The molecule has 4 aromatic rings. The van der Waals surface area contributed by atoms with Crippen molar-refractivity contribution in [1.82, 2.24) is 9.88 Å². The average molecular weight is 344 g/mol. The predicted molar refractivity (Wildman–Crippen MR) is 104 cm³/mol. The van der Waals surface area contributed by atoms with Crippen molar-refractivity contribution < 1.29 is 9.90 Å². The summed E-state index contributed by atoms with van der Waals surface area (Å²) >= 11 is 0. The van der Waals surface area contributed by atoms with E-state index >= 15 is 0 Å². The number of hydrogen-bond acceptors (Lipinski definition) is 2. The van der Waals surface area contributed by atoms with Crippen LogP contribution in [0.4, 0.5) is 0 Å². The Morgan fingerprint density at radius 2 is 1.69 bits per heavy atom. The van der Waals surface area contributed by atoms with Crippen molar-refractivity contribution >= 4 is 27.6 Å². The summed E-state index contributed by atoms with van der Waals surface area (Å²) in [6, 6.07) is 21.4. The van der Waals surface area contributed by atoms with Crippen molar-refractivity contribution in [3.05, 3.63) is 84.1 Å². The highest BCUT2D eigenvalue weighted by Gasteiger charge is 2.16. The highest BCUT2D eigenvalue weighted by Crippen LogP contribution is 2.26. The molecule has 3 aromatic carbocycles. The van der Waals surface area contributed by atoms with Crippen LogP contribution in [-0.2, 0) is 7.05 Å². The van der Waals surface area contributed by atoms with Gasteiger partial charge in [0, 0.05) is 41.8 Å². The molecule has 0 saturated heterocycles. The number of aliphatic hydroxyl groups is 1. The van der Waals surface area contributed by atoms with Gasteiger partial charge in [0.25, 0.3) is 5.91 Å². The molecule has 0 saturated carbocycles. The maximum absolute atomic E-state index is 12.6. The molecule has 1 aromatic heterocycles. The van der Waals surface area contributed by atoms with E-state index in [1.165, 1.54) is 0 Å². The van der Waals surface area contributed by atoms with Crippen LogP contribution in [-0.4, -0.2) is 22.1 Å². The second-order valence-electron chi connectivity index (χ2n) is 6.47. The largest absolute Gasteiger partial charge is 0.386 e. The van der Waals surface area contributed by atoms with Gasteiger partial charge in [0.1, 0.15) is 0 Å². The van der Waals surface area contributed by atoms with Gasteiger partial charge in [0.2, 0.25) is 0 Å². The lowest BCUT2D eigenvalue weighted by Crippen LogP contribution is -2.28. The van der Waals surface area contributed by atoms with Crippen LogP contribution in [0, 0.1) is 0 Å². The predicted octanol–water partition coefficient (Wildman–Crippen LogP) is 3.79. The van der Waals surface area contributed by atoms with Crippen molar-refractivity contribution in [3.8, 4) is 0 Å². The second-order valence-corrected chi connectivity index (χ2v) is 6.47. The third kappa shape index (κ3) is 2.85. The van der Waals surface area contributed by atoms with E-state index in [-0.39, 0.29) is 12.5 Å². The van der Waals surface area contributed by atoms with Crippen LogP contribution in [0.2, 0.25) is 0 Å². The minimum absolute atomic E-state index is 0.163. The van der Waals surface area contributed by atoms with E-state index < -0.39 is 6.10 Å². The van der Waals surface area contributed by atoms with Gasteiger partial charge >= 0.3 is 0 Å². The van der Waals surface area contributed by atoms with Crippen molar-refractivity contribution in [2.24, 2.45) is 7.05 Å². The lowest BCUT2D eigenvalue weighted by molar-refractivity contribution is 0.0918. The minimum atomic E-state index is -0.764. The average Bonchev–Trinajstić information content (AvgIpc) is 3.02. The van der Waals surface area contributed by atoms with Gasteiger partial charge in [-0.05, 0) is 22.9 Å². The van der Waals surface area contributed by atoms with Gasteiger partial charge in [0.15, 0.2) is 0 Å². The molecule has 2 N–H and O–H groups in total. The number of rotatable bonds is 4. The van der Waals surface area contributed by atoms with Gasteiger partial charge in [0.05, 0.1) is 6.10 Å². The number of amides is 1. The van der Waals surface area contributed by atoms with Crippen LogP contribution in [0.5, 0.6) is 0 Å². The Balaban J connectivity index is 1.55. The zero-order chi connectivity index (χ0) is 18.1. The van der Waals surface area contributed by atoms with E-state index in [1.807, 2.05) is 84.5 Å². The maximum Gasteiger partial charge on any atom is 0.252 e. The molecular formula is C22H20N2O2. The van der Waals surface area contributed by atoms with E-state index in [2.05, 4.69) is 5.32 Å². The Kier molecular flexibility index (Phi) is 4.19. The molecule has 26 heavy (non-hydrogen) atoms. The first-order valence-corrected chi connectivity index (χ1v) is 8.63. The fourth-order valence-corrected chi connectivity index (χ4v) is 3.46. The molecule has 0 aliphatic heterocycles. The lowest BCUT2D eigenvalue weighted by Gasteiger charge is -2.12. The topological polar surface area (TPSA) is 54.3 Å². The molecule has 0 aliphatic rings. The Morgan fingerprint density at radius 1 is 1.00 bits per heavy atom. The van der Waals surface area contributed by atoms with Crippen LogP contribution >= 0.6 is 0 Å². The number of nitrogens with one attached hydrogen (secondary N) is 1. The third-order valence-electron chi connectivity index (χ3n) is 4.78. The molecule has 1 heterocycles. The number of hydrogen-bond donors (Lipinski definition) is 2. The summed E-state index contributed by atoms with van der Waals surface area (Å²) in [6.45, 7) is 0.163. The van der Waals surface area contributed by atoms with Crippen LogP contribution < -0.4 is 5.32 Å². The molecule has 1 unspecified atom stereocenters. The summed E-state index contributed by atoms with van der Waals surface area (Å²) in [4.78, 5) is 12.6. The molecule has 0 spiro atoms. The number of carbonyl (C=O) groups is 1. The zero-order valence-electron chi connectivity index (χ0n) is 14.5. The quantitative estimate of drug-likeness (QED) is 0.592. The van der Waals surface area contributed by atoms with Crippen LogP contribution in [0.3, 0.4) is 0 Å². The van der Waals surface area contributed by atoms with Gasteiger partial charge in [-0.25, -0.2) is 0 Å². The number of aromatic nitrogens is 1. The van der Waals surface area contributed by atoms with E-state index in [9.17, 15) is 9.90 Å². The maximum atomic E-state index is 12.6. The molecule has 0 aliphatic carbocycles. The number of carbonyl (C=O) groups excluding carboxylic acids is 1. The molecule has 0 bridgehead atoms. The van der Waals surface area contributed by atoms with Crippen LogP contribution in [0.25, 0.3) is 21.7 Å². The van der Waals surface area contributed by atoms with Gasteiger partial charge in [-0.2, -0.15) is 0 Å².